The van der Waals surface area contributed by atoms with E-state index in [1.165, 1.54) is 0 Å². The first-order chi connectivity index (χ1) is 4.56. The number of nitrogens with two attached hydrogens (primary N) is 1. The van der Waals surface area contributed by atoms with Crippen LogP contribution in [0.5, 0.6) is 0 Å². The van der Waals surface area contributed by atoms with Crippen molar-refractivity contribution in [2.24, 2.45) is 5.73 Å². The molecule has 3 N–H and O–H groups in total. The standard InChI is InChI=1S/C8H18NO.ClH/c1-8(2,10)6-4-3-5-7-9;/h3,10H,4-7,9H2,1-2H3;1H. The van der Waals surface area contributed by atoms with Crippen LogP contribution in [0.25, 0.3) is 0 Å². The predicted molar refractivity (Wildman–Crippen MR) is 50.8 cm³/mol. The van der Waals surface area contributed by atoms with E-state index in [1.54, 1.807) is 0 Å². The second kappa shape index (κ2) is 6.89. The fraction of sp³-hybridized carbons (Fsp3) is 0.875. The zero-order valence-electron chi connectivity index (χ0n) is 7.34. The lowest BCUT2D eigenvalue weighted by molar-refractivity contribution is 0.0709. The molecule has 0 fully saturated rings. The Balaban J connectivity index is 0. The minimum absolute atomic E-state index is 0. The van der Waals surface area contributed by atoms with E-state index in [0.717, 1.165) is 19.3 Å². The van der Waals surface area contributed by atoms with Crippen molar-refractivity contribution >= 4 is 12.4 Å². The number of aliphatic hydroxyl groups is 1. The van der Waals surface area contributed by atoms with Gasteiger partial charge in [-0.1, -0.05) is 0 Å². The summed E-state index contributed by atoms with van der Waals surface area (Å²) >= 11 is 0. The average Bonchev–Trinajstić information content (AvgIpc) is 1.78. The van der Waals surface area contributed by atoms with Crippen molar-refractivity contribution in [2.45, 2.75) is 38.7 Å². The Morgan fingerprint density at radius 2 is 1.91 bits per heavy atom. The van der Waals surface area contributed by atoms with Gasteiger partial charge in [0.15, 0.2) is 0 Å². The Hall–Kier alpha value is 0.210. The highest BCUT2D eigenvalue weighted by atomic mass is 35.5. The van der Waals surface area contributed by atoms with Gasteiger partial charge in [0.2, 0.25) is 0 Å². The molecule has 0 unspecified atom stereocenters. The molecule has 3 heteroatoms. The van der Waals surface area contributed by atoms with Crippen LogP contribution in [-0.4, -0.2) is 17.3 Å². The summed E-state index contributed by atoms with van der Waals surface area (Å²) in [5.41, 5.74) is 4.76. The lowest BCUT2D eigenvalue weighted by Crippen LogP contribution is -2.18. The normalized spacial score (nSPS) is 10.9. The first-order valence-corrected chi connectivity index (χ1v) is 3.80. The summed E-state index contributed by atoms with van der Waals surface area (Å²) in [5, 5.41) is 9.27. The van der Waals surface area contributed by atoms with Gasteiger partial charge in [-0.2, -0.15) is 0 Å². The van der Waals surface area contributed by atoms with E-state index in [-0.39, 0.29) is 12.4 Å². The number of halogens is 1. The molecule has 11 heavy (non-hydrogen) atoms. The van der Waals surface area contributed by atoms with Crippen molar-refractivity contribution in [1.82, 2.24) is 0 Å². The second-order valence-corrected chi connectivity index (χ2v) is 3.22. The van der Waals surface area contributed by atoms with Gasteiger partial charge >= 0.3 is 0 Å². The molecular weight excluding hydrogens is 162 g/mol. The summed E-state index contributed by atoms with van der Waals surface area (Å²) in [5.74, 6) is 0. The zero-order chi connectivity index (χ0) is 8.04. The third-order valence-corrected chi connectivity index (χ3v) is 1.33. The molecule has 2 nitrogen and oxygen atoms in total. The summed E-state index contributed by atoms with van der Waals surface area (Å²) in [4.78, 5) is 0. The van der Waals surface area contributed by atoms with Gasteiger partial charge in [-0.3, -0.25) is 0 Å². The molecule has 0 saturated heterocycles. The predicted octanol–water partition coefficient (Wildman–Crippen LogP) is 1.51. The summed E-state index contributed by atoms with van der Waals surface area (Å²) in [6.07, 6.45) is 4.86. The maximum absolute atomic E-state index is 9.27. The molecule has 0 bridgehead atoms. The van der Waals surface area contributed by atoms with Crippen molar-refractivity contribution in [3.05, 3.63) is 6.42 Å². The van der Waals surface area contributed by atoms with Gasteiger partial charge < -0.3 is 10.8 Å². The Morgan fingerprint density at radius 1 is 1.36 bits per heavy atom. The number of hydrogen-bond acceptors (Lipinski definition) is 2. The molecule has 0 saturated carbocycles. The van der Waals surface area contributed by atoms with E-state index in [1.807, 2.05) is 13.8 Å². The first-order valence-electron chi connectivity index (χ1n) is 3.80. The third-order valence-electron chi connectivity index (χ3n) is 1.33. The second-order valence-electron chi connectivity index (χ2n) is 3.22. The first kappa shape index (κ1) is 13.8. The number of hydrogen-bond donors (Lipinski definition) is 2. The van der Waals surface area contributed by atoms with Crippen LogP contribution in [0.4, 0.5) is 0 Å². The van der Waals surface area contributed by atoms with Crippen molar-refractivity contribution < 1.29 is 5.11 Å². The van der Waals surface area contributed by atoms with E-state index in [0.29, 0.717) is 6.54 Å². The summed E-state index contributed by atoms with van der Waals surface area (Å²) in [6, 6.07) is 0. The van der Waals surface area contributed by atoms with Crippen molar-refractivity contribution in [3.8, 4) is 0 Å². The van der Waals surface area contributed by atoms with E-state index in [4.69, 9.17) is 5.73 Å². The number of rotatable bonds is 5. The maximum Gasteiger partial charge on any atom is 0.0591 e. The van der Waals surface area contributed by atoms with Crippen LogP contribution >= 0.6 is 12.4 Å². The van der Waals surface area contributed by atoms with Crippen molar-refractivity contribution in [2.75, 3.05) is 6.54 Å². The Morgan fingerprint density at radius 3 is 2.27 bits per heavy atom. The van der Waals surface area contributed by atoms with Gasteiger partial charge in [0.1, 0.15) is 0 Å². The van der Waals surface area contributed by atoms with E-state index in [9.17, 15) is 5.11 Å². The van der Waals surface area contributed by atoms with Crippen LogP contribution in [0.2, 0.25) is 0 Å². The average molecular weight is 181 g/mol. The van der Waals surface area contributed by atoms with E-state index in [2.05, 4.69) is 6.42 Å². The monoisotopic (exact) mass is 180 g/mol. The third kappa shape index (κ3) is 13.2. The molecule has 0 aromatic heterocycles. The molecule has 0 atom stereocenters. The Labute approximate surface area is 75.6 Å². The smallest absolute Gasteiger partial charge is 0.0591 e. The van der Waals surface area contributed by atoms with Crippen LogP contribution in [0.15, 0.2) is 0 Å². The lowest BCUT2D eigenvalue weighted by atomic mass is 10.0. The van der Waals surface area contributed by atoms with Gasteiger partial charge in [-0.25, -0.2) is 0 Å². The van der Waals surface area contributed by atoms with Crippen LogP contribution < -0.4 is 5.73 Å². The molecule has 0 heterocycles. The molecule has 0 aliphatic heterocycles. The van der Waals surface area contributed by atoms with Gasteiger partial charge in [-0.15, -0.1) is 12.4 Å². The van der Waals surface area contributed by atoms with Crippen LogP contribution in [0.3, 0.4) is 0 Å². The molecule has 0 rings (SSSR count). The largest absolute Gasteiger partial charge is 0.390 e. The topological polar surface area (TPSA) is 46.2 Å². The highest BCUT2D eigenvalue weighted by Crippen LogP contribution is 2.11. The van der Waals surface area contributed by atoms with E-state index >= 15 is 0 Å². The molecule has 1 radical (unpaired) electrons. The molecule has 0 spiro atoms. The number of unbranched alkanes of at least 4 members (excludes halogenated alkanes) is 2. The lowest BCUT2D eigenvalue weighted by Gasteiger charge is -2.15. The Bertz CT molecular complexity index is 80.7. The molecule has 0 aliphatic rings. The fourth-order valence-corrected chi connectivity index (χ4v) is 0.717. The fourth-order valence-electron chi connectivity index (χ4n) is 0.717. The highest BCUT2D eigenvalue weighted by molar-refractivity contribution is 5.85. The molecular formula is C8H19ClNO. The van der Waals surface area contributed by atoms with Gasteiger partial charge in [-0.05, 0) is 46.1 Å². The van der Waals surface area contributed by atoms with Gasteiger partial charge in [0, 0.05) is 0 Å². The maximum atomic E-state index is 9.27. The molecule has 0 aliphatic carbocycles. The molecule has 0 aromatic carbocycles. The molecule has 0 amide bonds. The zero-order valence-corrected chi connectivity index (χ0v) is 8.16. The SMILES string of the molecule is CC(C)(O)CC[CH]CCN.Cl. The van der Waals surface area contributed by atoms with Crippen molar-refractivity contribution in [1.29, 1.82) is 0 Å². The summed E-state index contributed by atoms with van der Waals surface area (Å²) < 4.78 is 0. The van der Waals surface area contributed by atoms with Gasteiger partial charge in [0.25, 0.3) is 0 Å². The Kier molecular flexibility index (Phi) is 8.63. The van der Waals surface area contributed by atoms with Gasteiger partial charge in [0.05, 0.1) is 5.60 Å². The quantitative estimate of drug-likeness (QED) is 0.631. The summed E-state index contributed by atoms with van der Waals surface area (Å²) in [6.45, 7) is 4.36. The van der Waals surface area contributed by atoms with Crippen LogP contribution in [0.1, 0.15) is 33.1 Å². The van der Waals surface area contributed by atoms with Crippen LogP contribution in [0, 0.1) is 6.42 Å². The van der Waals surface area contributed by atoms with E-state index < -0.39 is 5.60 Å². The minimum Gasteiger partial charge on any atom is -0.390 e. The minimum atomic E-state index is -0.523. The molecule has 69 valence electrons. The van der Waals surface area contributed by atoms with Crippen LogP contribution in [-0.2, 0) is 0 Å². The van der Waals surface area contributed by atoms with Crippen molar-refractivity contribution in [3.63, 3.8) is 0 Å². The molecule has 0 aromatic rings. The highest BCUT2D eigenvalue weighted by Gasteiger charge is 2.10. The summed E-state index contributed by atoms with van der Waals surface area (Å²) in [7, 11) is 0.